The molecule has 0 heterocycles. The third kappa shape index (κ3) is 5.14. The molecule has 4 nitrogen and oxygen atoms in total. The summed E-state index contributed by atoms with van der Waals surface area (Å²) in [5, 5.41) is 0. The van der Waals surface area contributed by atoms with Crippen molar-refractivity contribution < 1.29 is 4.79 Å². The van der Waals surface area contributed by atoms with Crippen LogP contribution in [0.1, 0.15) is 26.7 Å². The maximum Gasteiger partial charge on any atom is 0.222 e. The highest BCUT2D eigenvalue weighted by Gasteiger charge is 2.20. The summed E-state index contributed by atoms with van der Waals surface area (Å²) in [6.45, 7) is 5.76. The number of carbonyl (C=O) groups is 1. The van der Waals surface area contributed by atoms with Crippen molar-refractivity contribution in [3.05, 3.63) is 0 Å². The van der Waals surface area contributed by atoms with Gasteiger partial charge in [-0.1, -0.05) is 0 Å². The van der Waals surface area contributed by atoms with Gasteiger partial charge >= 0.3 is 0 Å². The molecule has 0 saturated heterocycles. The Morgan fingerprint density at radius 2 is 1.80 bits per heavy atom. The molecule has 0 spiro atoms. The molecule has 90 valence electrons. The molecule has 0 radical (unpaired) electrons. The van der Waals surface area contributed by atoms with Gasteiger partial charge in [0, 0.05) is 32.6 Å². The number of likely N-dealkylation sites (N-methyl/N-ethyl adjacent to an activating group) is 1. The van der Waals surface area contributed by atoms with Crippen LogP contribution in [-0.2, 0) is 4.79 Å². The van der Waals surface area contributed by atoms with Gasteiger partial charge in [0.05, 0.1) is 0 Å². The van der Waals surface area contributed by atoms with Crippen LogP contribution in [0.5, 0.6) is 0 Å². The van der Waals surface area contributed by atoms with Gasteiger partial charge < -0.3 is 10.6 Å². The van der Waals surface area contributed by atoms with Crippen LogP contribution < -0.4 is 5.73 Å². The van der Waals surface area contributed by atoms with Crippen LogP contribution in [0.2, 0.25) is 0 Å². The van der Waals surface area contributed by atoms with Gasteiger partial charge in [-0.15, -0.1) is 0 Å². The first-order valence-electron chi connectivity index (χ1n) is 5.42. The predicted molar refractivity (Wildman–Crippen MR) is 63.7 cm³/mol. The summed E-state index contributed by atoms with van der Waals surface area (Å²) in [6, 6.07) is 0. The van der Waals surface area contributed by atoms with E-state index in [1.54, 1.807) is 19.0 Å². The molecule has 0 fully saturated rings. The van der Waals surface area contributed by atoms with Gasteiger partial charge in [-0.05, 0) is 33.9 Å². The molecule has 2 N–H and O–H groups in total. The van der Waals surface area contributed by atoms with E-state index in [9.17, 15) is 4.79 Å². The Labute approximate surface area is 93.4 Å². The molecule has 15 heavy (non-hydrogen) atoms. The summed E-state index contributed by atoms with van der Waals surface area (Å²) in [5.41, 5.74) is 5.69. The Morgan fingerprint density at radius 1 is 1.27 bits per heavy atom. The van der Waals surface area contributed by atoms with Crippen molar-refractivity contribution in [3.8, 4) is 0 Å². The van der Waals surface area contributed by atoms with E-state index in [1.165, 1.54) is 0 Å². The van der Waals surface area contributed by atoms with Gasteiger partial charge in [0.25, 0.3) is 0 Å². The van der Waals surface area contributed by atoms with Crippen LogP contribution >= 0.6 is 0 Å². The van der Waals surface area contributed by atoms with Gasteiger partial charge in [-0.25, -0.2) is 0 Å². The molecule has 0 aliphatic heterocycles. The largest absolute Gasteiger partial charge is 0.349 e. The molecule has 0 aromatic heterocycles. The summed E-state index contributed by atoms with van der Waals surface area (Å²) in [7, 11) is 5.62. The van der Waals surface area contributed by atoms with Gasteiger partial charge in [0.15, 0.2) is 0 Å². The van der Waals surface area contributed by atoms with E-state index in [4.69, 9.17) is 5.73 Å². The van der Waals surface area contributed by atoms with Crippen molar-refractivity contribution in [2.24, 2.45) is 5.73 Å². The molecule has 0 aromatic rings. The lowest BCUT2D eigenvalue weighted by Crippen LogP contribution is -2.47. The van der Waals surface area contributed by atoms with Crippen molar-refractivity contribution in [1.82, 2.24) is 9.80 Å². The molecule has 0 aromatic carbocycles. The number of amides is 1. The van der Waals surface area contributed by atoms with Gasteiger partial charge in [-0.2, -0.15) is 0 Å². The first-order valence-corrected chi connectivity index (χ1v) is 5.42. The first-order chi connectivity index (χ1) is 6.81. The third-order valence-electron chi connectivity index (χ3n) is 2.92. The highest BCUT2D eigenvalue weighted by atomic mass is 16.2. The quantitative estimate of drug-likeness (QED) is 0.703. The third-order valence-corrected chi connectivity index (χ3v) is 2.92. The minimum absolute atomic E-state index is 0.0150. The van der Waals surface area contributed by atoms with E-state index < -0.39 is 0 Å². The fourth-order valence-electron chi connectivity index (χ4n) is 1.15. The molecule has 0 saturated carbocycles. The number of carbonyl (C=O) groups excluding carboxylic acids is 1. The number of hydrogen-bond donors (Lipinski definition) is 1. The van der Waals surface area contributed by atoms with Crippen molar-refractivity contribution in [1.29, 1.82) is 0 Å². The van der Waals surface area contributed by atoms with E-state index >= 15 is 0 Å². The summed E-state index contributed by atoms with van der Waals surface area (Å²) < 4.78 is 0. The Morgan fingerprint density at radius 3 is 2.20 bits per heavy atom. The van der Waals surface area contributed by atoms with Crippen LogP contribution in [0.25, 0.3) is 0 Å². The normalized spacial score (nSPS) is 11.9. The van der Waals surface area contributed by atoms with E-state index in [0.717, 1.165) is 13.0 Å². The highest BCUT2D eigenvalue weighted by molar-refractivity contribution is 5.75. The monoisotopic (exact) mass is 215 g/mol. The number of rotatable bonds is 6. The summed E-state index contributed by atoms with van der Waals surface area (Å²) >= 11 is 0. The number of nitrogens with two attached hydrogens (primary N) is 1. The summed E-state index contributed by atoms with van der Waals surface area (Å²) in [6.07, 6.45) is 1.49. The first kappa shape index (κ1) is 14.4. The SMILES string of the molecule is CN(C)C(=O)CCCN(C)C(C)(C)CN. The fourth-order valence-corrected chi connectivity index (χ4v) is 1.15. The van der Waals surface area contributed by atoms with Crippen LogP contribution in [0, 0.1) is 0 Å². The molecular formula is C11H25N3O. The number of hydrogen-bond acceptors (Lipinski definition) is 3. The standard InChI is InChI=1S/C11H25N3O/c1-11(2,9-12)14(5)8-6-7-10(15)13(3)4/h6-9,12H2,1-5H3. The highest BCUT2D eigenvalue weighted by Crippen LogP contribution is 2.10. The Balaban J connectivity index is 3.82. The lowest BCUT2D eigenvalue weighted by Gasteiger charge is -2.34. The van der Waals surface area contributed by atoms with Crippen LogP contribution in [0.3, 0.4) is 0 Å². The minimum Gasteiger partial charge on any atom is -0.349 e. The van der Waals surface area contributed by atoms with Crippen LogP contribution in [-0.4, -0.2) is 55.5 Å². The van der Waals surface area contributed by atoms with E-state index in [1.807, 2.05) is 7.05 Å². The van der Waals surface area contributed by atoms with E-state index in [0.29, 0.717) is 13.0 Å². The Bertz CT molecular complexity index is 202. The van der Waals surface area contributed by atoms with E-state index in [2.05, 4.69) is 18.7 Å². The molecule has 0 unspecified atom stereocenters. The Kier molecular flexibility index (Phi) is 5.83. The molecular weight excluding hydrogens is 190 g/mol. The lowest BCUT2D eigenvalue weighted by atomic mass is 10.0. The van der Waals surface area contributed by atoms with Crippen LogP contribution in [0.15, 0.2) is 0 Å². The van der Waals surface area contributed by atoms with Gasteiger partial charge in [0.2, 0.25) is 5.91 Å². The van der Waals surface area contributed by atoms with E-state index in [-0.39, 0.29) is 11.4 Å². The van der Waals surface area contributed by atoms with Gasteiger partial charge in [0.1, 0.15) is 0 Å². The minimum atomic E-state index is 0.0150. The molecule has 0 bridgehead atoms. The lowest BCUT2D eigenvalue weighted by molar-refractivity contribution is -0.128. The smallest absolute Gasteiger partial charge is 0.222 e. The molecule has 4 heteroatoms. The zero-order valence-corrected chi connectivity index (χ0v) is 10.7. The van der Waals surface area contributed by atoms with Crippen molar-refractivity contribution in [2.75, 3.05) is 34.2 Å². The predicted octanol–water partition coefficient (Wildman–Crippen LogP) is 0.524. The average molecular weight is 215 g/mol. The molecule has 0 rings (SSSR count). The van der Waals surface area contributed by atoms with Gasteiger partial charge in [-0.3, -0.25) is 9.69 Å². The molecule has 0 aliphatic rings. The topological polar surface area (TPSA) is 49.6 Å². The second-order valence-electron chi connectivity index (χ2n) is 4.83. The van der Waals surface area contributed by atoms with Crippen molar-refractivity contribution >= 4 is 5.91 Å². The summed E-state index contributed by atoms with van der Waals surface area (Å²) in [5.74, 6) is 0.189. The zero-order valence-electron chi connectivity index (χ0n) is 10.7. The van der Waals surface area contributed by atoms with Crippen molar-refractivity contribution in [3.63, 3.8) is 0 Å². The number of nitrogens with zero attached hydrogens (tertiary/aromatic N) is 2. The second kappa shape index (κ2) is 6.08. The Hall–Kier alpha value is -0.610. The summed E-state index contributed by atoms with van der Waals surface area (Å²) in [4.78, 5) is 15.2. The molecule has 0 aliphatic carbocycles. The van der Waals surface area contributed by atoms with Crippen LogP contribution in [0.4, 0.5) is 0 Å². The second-order valence-corrected chi connectivity index (χ2v) is 4.83. The fraction of sp³-hybridized carbons (Fsp3) is 0.909. The molecule has 0 atom stereocenters. The van der Waals surface area contributed by atoms with Crippen molar-refractivity contribution in [2.45, 2.75) is 32.2 Å². The molecule has 1 amide bonds. The zero-order chi connectivity index (χ0) is 12.1. The maximum absolute atomic E-state index is 11.3. The average Bonchev–Trinajstić information content (AvgIpc) is 2.17. The maximum atomic E-state index is 11.3.